The average Bonchev–Trinajstić information content (AvgIpc) is 2.77. The number of aliphatic imine (C=N–C) groups is 1. The molecule has 18 heavy (non-hydrogen) atoms. The van der Waals surface area contributed by atoms with E-state index in [1.54, 1.807) is 6.92 Å². The maximum atomic E-state index is 11.2. The van der Waals surface area contributed by atoms with Gasteiger partial charge in [0.15, 0.2) is 5.96 Å². The molecule has 0 aliphatic carbocycles. The van der Waals surface area contributed by atoms with Crippen molar-refractivity contribution in [2.45, 2.75) is 25.9 Å². The highest BCUT2D eigenvalue weighted by molar-refractivity contribution is 5.90. The maximum Gasteiger partial charge on any atom is 0.252 e. The fourth-order valence-corrected chi connectivity index (χ4v) is 1.79. The molecule has 7 heteroatoms. The largest absolute Gasteiger partial charge is 0.376 e. The Hall–Kier alpha value is -1.89. The Balaban J connectivity index is 1.94. The Kier molecular flexibility index (Phi) is 3.93. The SMILES string of the molecule is Cc1cc(=O)[nH]c(NC(N)=NC[C@H]2CCCO2)n1. The number of anilines is 1. The summed E-state index contributed by atoms with van der Waals surface area (Å²) in [5.41, 5.74) is 6.10. The Morgan fingerprint density at radius 3 is 3.28 bits per heavy atom. The Morgan fingerprint density at radius 1 is 1.78 bits per heavy atom. The number of hydrogen-bond donors (Lipinski definition) is 3. The Labute approximate surface area is 104 Å². The molecule has 1 aliphatic rings. The zero-order valence-corrected chi connectivity index (χ0v) is 10.3. The summed E-state index contributed by atoms with van der Waals surface area (Å²) in [6.07, 6.45) is 2.23. The van der Waals surface area contributed by atoms with E-state index in [2.05, 4.69) is 20.3 Å². The molecule has 0 bridgehead atoms. The number of ether oxygens (including phenoxy) is 1. The smallest absolute Gasteiger partial charge is 0.252 e. The number of aromatic nitrogens is 2. The van der Waals surface area contributed by atoms with Crippen LogP contribution in [0, 0.1) is 6.92 Å². The summed E-state index contributed by atoms with van der Waals surface area (Å²) in [5, 5.41) is 2.75. The summed E-state index contributed by atoms with van der Waals surface area (Å²) < 4.78 is 5.43. The lowest BCUT2D eigenvalue weighted by Gasteiger charge is -2.07. The van der Waals surface area contributed by atoms with Gasteiger partial charge in [0.1, 0.15) is 0 Å². The van der Waals surface area contributed by atoms with Gasteiger partial charge in [0.25, 0.3) is 5.56 Å². The molecule has 1 saturated heterocycles. The number of hydrogen-bond acceptors (Lipinski definition) is 4. The first kappa shape index (κ1) is 12.6. The summed E-state index contributed by atoms with van der Waals surface area (Å²) in [6, 6.07) is 1.41. The van der Waals surface area contributed by atoms with E-state index in [0.717, 1.165) is 19.4 Å². The number of nitrogens with two attached hydrogens (primary N) is 1. The van der Waals surface area contributed by atoms with Crippen LogP contribution >= 0.6 is 0 Å². The van der Waals surface area contributed by atoms with Crippen molar-refractivity contribution in [3.63, 3.8) is 0 Å². The molecule has 7 nitrogen and oxygen atoms in total. The molecule has 1 aliphatic heterocycles. The normalized spacial score (nSPS) is 20.1. The van der Waals surface area contributed by atoms with Crippen molar-refractivity contribution in [2.24, 2.45) is 10.7 Å². The number of H-pyrrole nitrogens is 1. The second-order valence-electron chi connectivity index (χ2n) is 4.22. The van der Waals surface area contributed by atoms with E-state index in [0.29, 0.717) is 18.2 Å². The third kappa shape index (κ3) is 3.56. The van der Waals surface area contributed by atoms with Gasteiger partial charge >= 0.3 is 0 Å². The molecule has 98 valence electrons. The minimum absolute atomic E-state index is 0.148. The number of rotatable bonds is 3. The molecule has 0 spiro atoms. The van der Waals surface area contributed by atoms with Crippen molar-refractivity contribution in [3.05, 3.63) is 22.1 Å². The zero-order chi connectivity index (χ0) is 13.0. The summed E-state index contributed by atoms with van der Waals surface area (Å²) in [6.45, 7) is 3.05. The Morgan fingerprint density at radius 2 is 2.61 bits per heavy atom. The lowest BCUT2D eigenvalue weighted by molar-refractivity contribution is 0.118. The average molecular weight is 251 g/mol. The monoisotopic (exact) mass is 251 g/mol. The van der Waals surface area contributed by atoms with Crippen molar-refractivity contribution in [1.29, 1.82) is 0 Å². The van der Waals surface area contributed by atoms with Crippen LogP contribution in [0.5, 0.6) is 0 Å². The van der Waals surface area contributed by atoms with Crippen LogP contribution in [-0.4, -0.2) is 35.2 Å². The molecule has 0 aromatic carbocycles. The van der Waals surface area contributed by atoms with Gasteiger partial charge in [-0.05, 0) is 19.8 Å². The van der Waals surface area contributed by atoms with Crippen LogP contribution in [-0.2, 0) is 4.74 Å². The van der Waals surface area contributed by atoms with Gasteiger partial charge in [0.05, 0.1) is 12.6 Å². The van der Waals surface area contributed by atoms with Crippen molar-refractivity contribution >= 4 is 11.9 Å². The highest BCUT2D eigenvalue weighted by Crippen LogP contribution is 2.11. The van der Waals surface area contributed by atoms with Gasteiger partial charge in [-0.25, -0.2) is 4.98 Å². The minimum Gasteiger partial charge on any atom is -0.376 e. The summed E-state index contributed by atoms with van der Waals surface area (Å²) >= 11 is 0. The lowest BCUT2D eigenvalue weighted by Crippen LogP contribution is -2.27. The molecule has 1 aromatic rings. The third-order valence-corrected chi connectivity index (χ3v) is 2.61. The van der Waals surface area contributed by atoms with Crippen LogP contribution < -0.4 is 16.6 Å². The van der Waals surface area contributed by atoms with E-state index in [9.17, 15) is 4.79 Å². The summed E-state index contributed by atoms with van der Waals surface area (Å²) in [5.74, 6) is 0.521. The fraction of sp³-hybridized carbons (Fsp3) is 0.545. The van der Waals surface area contributed by atoms with Crippen LogP contribution in [0.1, 0.15) is 18.5 Å². The van der Waals surface area contributed by atoms with Crippen molar-refractivity contribution in [2.75, 3.05) is 18.5 Å². The second kappa shape index (κ2) is 5.63. The highest BCUT2D eigenvalue weighted by Gasteiger charge is 2.14. The molecule has 2 heterocycles. The quantitative estimate of drug-likeness (QED) is 0.517. The first-order valence-corrected chi connectivity index (χ1v) is 5.90. The fourth-order valence-electron chi connectivity index (χ4n) is 1.79. The van der Waals surface area contributed by atoms with Gasteiger partial charge in [0.2, 0.25) is 5.95 Å². The molecule has 1 aromatic heterocycles. The summed E-state index contributed by atoms with van der Waals surface area (Å²) in [4.78, 5) is 22.0. The predicted molar refractivity (Wildman–Crippen MR) is 68.7 cm³/mol. The van der Waals surface area contributed by atoms with Crippen LogP contribution in [0.15, 0.2) is 15.9 Å². The third-order valence-electron chi connectivity index (χ3n) is 2.61. The highest BCUT2D eigenvalue weighted by atomic mass is 16.5. The molecule has 0 saturated carbocycles. The van der Waals surface area contributed by atoms with E-state index < -0.39 is 0 Å². The minimum atomic E-state index is -0.225. The van der Waals surface area contributed by atoms with Gasteiger partial charge in [-0.3, -0.25) is 20.1 Å². The molecule has 0 unspecified atom stereocenters. The summed E-state index contributed by atoms with van der Waals surface area (Å²) in [7, 11) is 0. The molecule has 1 atom stereocenters. The van der Waals surface area contributed by atoms with Crippen LogP contribution in [0.25, 0.3) is 0 Å². The molecular weight excluding hydrogens is 234 g/mol. The van der Waals surface area contributed by atoms with Crippen molar-refractivity contribution in [3.8, 4) is 0 Å². The zero-order valence-electron chi connectivity index (χ0n) is 10.3. The van der Waals surface area contributed by atoms with E-state index >= 15 is 0 Å². The molecule has 2 rings (SSSR count). The standard InChI is InChI=1S/C11H17N5O2/c1-7-5-9(17)15-11(14-7)16-10(12)13-6-8-3-2-4-18-8/h5,8H,2-4,6H2,1H3,(H4,12,13,14,15,16,17)/t8-/m1/s1. The molecule has 1 fully saturated rings. The number of nitrogens with zero attached hydrogens (tertiary/aromatic N) is 2. The maximum absolute atomic E-state index is 11.2. The van der Waals surface area contributed by atoms with E-state index in [1.165, 1.54) is 6.07 Å². The van der Waals surface area contributed by atoms with Gasteiger partial charge in [0, 0.05) is 18.4 Å². The van der Waals surface area contributed by atoms with Gasteiger partial charge in [-0.2, -0.15) is 0 Å². The molecule has 0 amide bonds. The van der Waals surface area contributed by atoms with E-state index in [1.807, 2.05) is 0 Å². The van der Waals surface area contributed by atoms with Crippen molar-refractivity contribution in [1.82, 2.24) is 9.97 Å². The van der Waals surface area contributed by atoms with Gasteiger partial charge in [-0.1, -0.05) is 0 Å². The number of guanidine groups is 1. The van der Waals surface area contributed by atoms with Crippen LogP contribution in [0.2, 0.25) is 0 Å². The van der Waals surface area contributed by atoms with E-state index in [-0.39, 0.29) is 17.6 Å². The van der Waals surface area contributed by atoms with Gasteiger partial charge < -0.3 is 10.5 Å². The Bertz CT molecular complexity index is 490. The molecular formula is C11H17N5O2. The molecule has 0 radical (unpaired) electrons. The topological polar surface area (TPSA) is 105 Å². The van der Waals surface area contributed by atoms with Crippen LogP contribution in [0.3, 0.4) is 0 Å². The lowest BCUT2D eigenvalue weighted by atomic mass is 10.2. The van der Waals surface area contributed by atoms with Gasteiger partial charge in [-0.15, -0.1) is 0 Å². The number of nitrogens with one attached hydrogen (secondary N) is 2. The number of aryl methyl sites for hydroxylation is 1. The van der Waals surface area contributed by atoms with E-state index in [4.69, 9.17) is 10.5 Å². The predicted octanol–water partition coefficient (Wildman–Crippen LogP) is -0.0161. The first-order valence-electron chi connectivity index (χ1n) is 5.90. The second-order valence-corrected chi connectivity index (χ2v) is 4.22. The van der Waals surface area contributed by atoms with Crippen molar-refractivity contribution < 1.29 is 4.74 Å². The first-order chi connectivity index (χ1) is 8.63. The molecule has 4 N–H and O–H groups in total. The number of aromatic amines is 1. The van der Waals surface area contributed by atoms with Crippen LogP contribution in [0.4, 0.5) is 5.95 Å².